The van der Waals surface area contributed by atoms with E-state index in [4.69, 9.17) is 5.84 Å². The lowest BCUT2D eigenvalue weighted by atomic mass is 9.77. The van der Waals surface area contributed by atoms with Crippen LogP contribution in [0.3, 0.4) is 0 Å². The second-order valence-corrected chi connectivity index (χ2v) is 3.94. The Labute approximate surface area is 79.2 Å². The van der Waals surface area contributed by atoms with Crippen LogP contribution in [0.4, 0.5) is 0 Å². The number of nitrogens with zero attached hydrogens (tertiary/aromatic N) is 2. The number of hydrogen-bond donors (Lipinski definition) is 2. The number of fused-ring (bicyclic) bond motifs is 1. The molecule has 2 rings (SSSR count). The van der Waals surface area contributed by atoms with Crippen molar-refractivity contribution in [3.63, 3.8) is 0 Å². The number of hydrogen-bond acceptors (Lipinski definition) is 2. The maximum atomic E-state index is 5.43. The molecule has 2 unspecified atom stereocenters. The van der Waals surface area contributed by atoms with Gasteiger partial charge in [0.05, 0.1) is 0 Å². The number of nitrogens with two attached hydrogens (primary N) is 1. The van der Waals surface area contributed by atoms with Crippen molar-refractivity contribution in [3.05, 3.63) is 0 Å². The fraction of sp³-hybridized carbons (Fsp3) is 0.889. The van der Waals surface area contributed by atoms with Gasteiger partial charge in [0.1, 0.15) is 0 Å². The van der Waals surface area contributed by atoms with Crippen molar-refractivity contribution in [2.24, 2.45) is 22.7 Å². The molecule has 1 aliphatic carbocycles. The number of likely N-dealkylation sites (tertiary alicyclic amines) is 1. The summed E-state index contributed by atoms with van der Waals surface area (Å²) in [7, 11) is 0. The molecule has 1 saturated carbocycles. The second kappa shape index (κ2) is 3.54. The largest absolute Gasteiger partial charge is 0.341 e. The molecule has 0 aromatic carbocycles. The summed E-state index contributed by atoms with van der Waals surface area (Å²) >= 11 is 0. The van der Waals surface area contributed by atoms with Gasteiger partial charge in [-0.1, -0.05) is 0 Å². The summed E-state index contributed by atoms with van der Waals surface area (Å²) in [4.78, 5) is 6.61. The van der Waals surface area contributed by atoms with Gasteiger partial charge in [0.2, 0.25) is 5.96 Å². The highest BCUT2D eigenvalue weighted by Crippen LogP contribution is 2.40. The summed E-state index contributed by atoms with van der Waals surface area (Å²) in [6, 6.07) is 0. The lowest BCUT2D eigenvalue weighted by molar-refractivity contribution is 0.243. The number of rotatable bonds is 1. The first kappa shape index (κ1) is 8.81. The molecule has 2 atom stereocenters. The third-order valence-electron chi connectivity index (χ3n) is 3.22. The zero-order valence-electron chi connectivity index (χ0n) is 8.16. The molecular weight excluding hydrogens is 164 g/mol. The Kier molecular flexibility index (Phi) is 2.40. The van der Waals surface area contributed by atoms with E-state index in [1.54, 1.807) is 0 Å². The van der Waals surface area contributed by atoms with Gasteiger partial charge in [0.25, 0.3) is 0 Å². The van der Waals surface area contributed by atoms with Crippen molar-refractivity contribution in [2.45, 2.75) is 19.8 Å². The molecule has 13 heavy (non-hydrogen) atoms. The minimum atomic E-state index is 0.797. The van der Waals surface area contributed by atoms with Crippen LogP contribution in [0.25, 0.3) is 0 Å². The first-order chi connectivity index (χ1) is 6.35. The van der Waals surface area contributed by atoms with Crippen molar-refractivity contribution < 1.29 is 0 Å². The molecule has 3 N–H and O–H groups in total. The van der Waals surface area contributed by atoms with Crippen molar-refractivity contribution >= 4 is 5.96 Å². The third kappa shape index (κ3) is 1.50. The molecule has 1 saturated heterocycles. The molecule has 2 fully saturated rings. The van der Waals surface area contributed by atoms with E-state index in [0.29, 0.717) is 0 Å². The molecule has 0 bridgehead atoms. The molecule has 0 aromatic heterocycles. The van der Waals surface area contributed by atoms with Crippen LogP contribution in [-0.4, -0.2) is 30.5 Å². The van der Waals surface area contributed by atoms with Crippen LogP contribution in [0.15, 0.2) is 4.99 Å². The van der Waals surface area contributed by atoms with E-state index in [9.17, 15) is 0 Å². The topological polar surface area (TPSA) is 53.6 Å². The Morgan fingerprint density at radius 2 is 2.08 bits per heavy atom. The van der Waals surface area contributed by atoms with E-state index >= 15 is 0 Å². The molecule has 1 aliphatic heterocycles. The minimum absolute atomic E-state index is 0.797. The molecule has 4 nitrogen and oxygen atoms in total. The highest BCUT2D eigenvalue weighted by Gasteiger charge is 2.40. The van der Waals surface area contributed by atoms with Crippen LogP contribution in [0.5, 0.6) is 0 Å². The molecule has 2 aliphatic rings. The number of aliphatic imine (C=N–C) groups is 1. The smallest absolute Gasteiger partial charge is 0.208 e. The average molecular weight is 182 g/mol. The van der Waals surface area contributed by atoms with Gasteiger partial charge < -0.3 is 4.90 Å². The van der Waals surface area contributed by atoms with E-state index in [1.807, 2.05) is 6.92 Å². The van der Waals surface area contributed by atoms with Crippen LogP contribution in [0.1, 0.15) is 19.8 Å². The fourth-order valence-corrected chi connectivity index (χ4v) is 2.32. The van der Waals surface area contributed by atoms with Gasteiger partial charge in [0, 0.05) is 19.6 Å². The lowest BCUT2D eigenvalue weighted by Crippen LogP contribution is -2.43. The van der Waals surface area contributed by atoms with E-state index < -0.39 is 0 Å². The first-order valence-corrected chi connectivity index (χ1v) is 5.11. The molecule has 0 amide bonds. The lowest BCUT2D eigenvalue weighted by Gasteiger charge is -2.27. The Balaban J connectivity index is 1.96. The zero-order valence-corrected chi connectivity index (χ0v) is 8.16. The van der Waals surface area contributed by atoms with Gasteiger partial charge in [-0.2, -0.15) is 0 Å². The number of hydrazine groups is 1. The Bertz CT molecular complexity index is 202. The number of nitrogens with one attached hydrogen (secondary N) is 1. The van der Waals surface area contributed by atoms with Crippen molar-refractivity contribution in [3.8, 4) is 0 Å². The van der Waals surface area contributed by atoms with E-state index in [0.717, 1.165) is 37.4 Å². The molecule has 0 radical (unpaired) electrons. The highest BCUT2D eigenvalue weighted by atomic mass is 15.4. The van der Waals surface area contributed by atoms with Crippen molar-refractivity contribution in [2.75, 3.05) is 19.6 Å². The highest BCUT2D eigenvalue weighted by molar-refractivity contribution is 5.79. The SMILES string of the molecule is CCN=C(NN)N1CC2CCC2C1. The Morgan fingerprint density at radius 1 is 1.46 bits per heavy atom. The maximum absolute atomic E-state index is 5.43. The quantitative estimate of drug-likeness (QED) is 0.263. The second-order valence-electron chi connectivity index (χ2n) is 3.94. The summed E-state index contributed by atoms with van der Waals surface area (Å²) in [6.07, 6.45) is 2.79. The first-order valence-electron chi connectivity index (χ1n) is 5.11. The Morgan fingerprint density at radius 3 is 2.46 bits per heavy atom. The monoisotopic (exact) mass is 182 g/mol. The normalized spacial score (nSPS) is 32.8. The summed E-state index contributed by atoms with van der Waals surface area (Å²) in [5.41, 5.74) is 2.69. The van der Waals surface area contributed by atoms with Crippen LogP contribution in [0, 0.1) is 11.8 Å². The molecule has 0 aromatic rings. The average Bonchev–Trinajstić information content (AvgIpc) is 2.39. The van der Waals surface area contributed by atoms with E-state index in [1.165, 1.54) is 12.8 Å². The van der Waals surface area contributed by atoms with Gasteiger partial charge in [-0.25, -0.2) is 5.84 Å². The molecular formula is C9H18N4. The predicted octanol–water partition coefficient (Wildman–Crippen LogP) is 0.167. The fourth-order valence-electron chi connectivity index (χ4n) is 2.32. The van der Waals surface area contributed by atoms with Crippen LogP contribution < -0.4 is 11.3 Å². The van der Waals surface area contributed by atoms with Crippen LogP contribution in [-0.2, 0) is 0 Å². The minimum Gasteiger partial charge on any atom is -0.341 e. The maximum Gasteiger partial charge on any atom is 0.208 e. The predicted molar refractivity (Wildman–Crippen MR) is 53.1 cm³/mol. The van der Waals surface area contributed by atoms with Crippen LogP contribution in [0.2, 0.25) is 0 Å². The van der Waals surface area contributed by atoms with E-state index in [-0.39, 0.29) is 0 Å². The zero-order chi connectivity index (χ0) is 9.26. The Hall–Kier alpha value is -0.770. The van der Waals surface area contributed by atoms with Crippen LogP contribution >= 0.6 is 0 Å². The molecule has 4 heteroatoms. The standard InChI is InChI=1S/C9H18N4/c1-2-11-9(12-10)13-5-7-3-4-8(7)6-13/h7-8H,2-6,10H2,1H3,(H,11,12). The van der Waals surface area contributed by atoms with Gasteiger partial charge in [-0.15, -0.1) is 0 Å². The summed E-state index contributed by atoms with van der Waals surface area (Å²) < 4.78 is 0. The van der Waals surface area contributed by atoms with Gasteiger partial charge in [-0.05, 0) is 31.6 Å². The van der Waals surface area contributed by atoms with Crippen molar-refractivity contribution in [1.29, 1.82) is 0 Å². The third-order valence-corrected chi connectivity index (χ3v) is 3.22. The van der Waals surface area contributed by atoms with Gasteiger partial charge in [-0.3, -0.25) is 10.4 Å². The summed E-state index contributed by atoms with van der Waals surface area (Å²) in [6.45, 7) is 5.12. The van der Waals surface area contributed by atoms with Gasteiger partial charge in [0.15, 0.2) is 0 Å². The molecule has 1 heterocycles. The summed E-state index contributed by atoms with van der Waals surface area (Å²) in [5.74, 6) is 8.12. The van der Waals surface area contributed by atoms with E-state index in [2.05, 4.69) is 15.3 Å². The number of guanidine groups is 1. The molecule has 74 valence electrons. The molecule has 0 spiro atoms. The summed E-state index contributed by atoms with van der Waals surface area (Å²) in [5, 5.41) is 0. The van der Waals surface area contributed by atoms with Crippen molar-refractivity contribution in [1.82, 2.24) is 10.3 Å². The van der Waals surface area contributed by atoms with Gasteiger partial charge >= 0.3 is 0 Å².